The lowest BCUT2D eigenvalue weighted by atomic mass is 10.1. The van der Waals surface area contributed by atoms with E-state index in [0.29, 0.717) is 5.16 Å². The van der Waals surface area contributed by atoms with E-state index in [-0.39, 0.29) is 47.8 Å². The molecule has 2 rings (SSSR count). The van der Waals surface area contributed by atoms with E-state index in [9.17, 15) is 14.4 Å². The fourth-order valence-electron chi connectivity index (χ4n) is 2.23. The van der Waals surface area contributed by atoms with E-state index in [2.05, 4.69) is 15.0 Å². The van der Waals surface area contributed by atoms with Gasteiger partial charge in [-0.15, -0.1) is 0 Å². The highest BCUT2D eigenvalue weighted by atomic mass is 32.2. The standard InChI is InChI=1S/C16H19N3O6S/c1-5-23-13(20)8-9-11(19-16(18-9)26-4)12(15(22)25-7-3)17-10(8)14(21)24-6-2/h5-7H2,1-4H3,(H,18,19). The van der Waals surface area contributed by atoms with Crippen molar-refractivity contribution in [3.05, 3.63) is 17.0 Å². The Morgan fingerprint density at radius 3 is 1.96 bits per heavy atom. The molecule has 0 saturated carbocycles. The number of carbonyl (C=O) groups excluding carboxylic acids is 3. The van der Waals surface area contributed by atoms with Crippen LogP contribution in [0, 0.1) is 0 Å². The smallest absolute Gasteiger partial charge is 0.359 e. The summed E-state index contributed by atoms with van der Waals surface area (Å²) in [6, 6.07) is 0. The van der Waals surface area contributed by atoms with Crippen molar-refractivity contribution in [2.45, 2.75) is 25.9 Å². The summed E-state index contributed by atoms with van der Waals surface area (Å²) in [6.45, 7) is 5.20. The van der Waals surface area contributed by atoms with Gasteiger partial charge in [0.2, 0.25) is 0 Å². The quantitative estimate of drug-likeness (QED) is 0.437. The molecule has 0 amide bonds. The molecular formula is C16H19N3O6S. The predicted octanol–water partition coefficient (Wildman–Crippen LogP) is 2.21. The number of H-pyrrole nitrogens is 1. The van der Waals surface area contributed by atoms with Crippen LogP contribution in [0.25, 0.3) is 11.0 Å². The monoisotopic (exact) mass is 381 g/mol. The minimum Gasteiger partial charge on any atom is -0.462 e. The van der Waals surface area contributed by atoms with Gasteiger partial charge in [-0.1, -0.05) is 11.8 Å². The van der Waals surface area contributed by atoms with E-state index in [1.807, 2.05) is 0 Å². The molecule has 2 heterocycles. The Labute approximate surface area is 153 Å². The van der Waals surface area contributed by atoms with Crippen molar-refractivity contribution in [3.8, 4) is 0 Å². The maximum Gasteiger partial charge on any atom is 0.359 e. The van der Waals surface area contributed by atoms with E-state index in [4.69, 9.17) is 14.2 Å². The zero-order valence-corrected chi connectivity index (χ0v) is 15.7. The lowest BCUT2D eigenvalue weighted by molar-refractivity contribution is 0.0470. The number of hydrogen-bond donors (Lipinski definition) is 1. The predicted molar refractivity (Wildman–Crippen MR) is 93.5 cm³/mol. The summed E-state index contributed by atoms with van der Waals surface area (Å²) in [7, 11) is 0. The Bertz CT molecular complexity index is 848. The van der Waals surface area contributed by atoms with Crippen LogP contribution in [0.15, 0.2) is 5.16 Å². The first-order chi connectivity index (χ1) is 12.5. The largest absolute Gasteiger partial charge is 0.462 e. The van der Waals surface area contributed by atoms with Crippen molar-refractivity contribution in [1.29, 1.82) is 0 Å². The third-order valence-electron chi connectivity index (χ3n) is 3.23. The van der Waals surface area contributed by atoms with Crippen LogP contribution in [-0.2, 0) is 14.2 Å². The lowest BCUT2D eigenvalue weighted by Gasteiger charge is -2.10. The van der Waals surface area contributed by atoms with Gasteiger partial charge in [0, 0.05) is 0 Å². The van der Waals surface area contributed by atoms with Crippen LogP contribution in [-0.4, -0.2) is 58.9 Å². The molecule has 1 N–H and O–H groups in total. The van der Waals surface area contributed by atoms with Crippen LogP contribution in [0.4, 0.5) is 0 Å². The first kappa shape index (κ1) is 19.7. The molecule has 0 unspecified atom stereocenters. The highest BCUT2D eigenvalue weighted by Gasteiger charge is 2.30. The third kappa shape index (κ3) is 3.79. The van der Waals surface area contributed by atoms with Crippen LogP contribution >= 0.6 is 11.8 Å². The summed E-state index contributed by atoms with van der Waals surface area (Å²) in [4.78, 5) is 48.3. The van der Waals surface area contributed by atoms with E-state index in [1.54, 1.807) is 27.0 Å². The fourth-order valence-corrected chi connectivity index (χ4v) is 2.61. The van der Waals surface area contributed by atoms with E-state index in [1.165, 1.54) is 11.8 Å². The van der Waals surface area contributed by atoms with Gasteiger partial charge in [0.05, 0.1) is 19.8 Å². The first-order valence-corrected chi connectivity index (χ1v) is 9.19. The molecule has 0 bridgehead atoms. The molecule has 9 nitrogen and oxygen atoms in total. The Morgan fingerprint density at radius 1 is 0.885 bits per heavy atom. The van der Waals surface area contributed by atoms with Crippen molar-refractivity contribution in [2.24, 2.45) is 0 Å². The normalized spacial score (nSPS) is 10.6. The zero-order valence-electron chi connectivity index (χ0n) is 14.9. The summed E-state index contributed by atoms with van der Waals surface area (Å²) in [6.07, 6.45) is 1.77. The number of nitrogens with zero attached hydrogens (tertiary/aromatic N) is 2. The molecule has 0 fully saturated rings. The molecule has 0 radical (unpaired) electrons. The molecule has 0 aliphatic heterocycles. The average Bonchev–Trinajstić information content (AvgIpc) is 3.04. The SMILES string of the molecule is CCOC(=O)c1nc(C(=O)OCC)c2[nH]c(SC)nc2c1C(=O)OCC. The molecule has 0 aromatic carbocycles. The van der Waals surface area contributed by atoms with Crippen LogP contribution in [0.1, 0.15) is 52.1 Å². The maximum absolute atomic E-state index is 12.4. The molecule has 140 valence electrons. The number of thioether (sulfide) groups is 1. The third-order valence-corrected chi connectivity index (χ3v) is 3.81. The van der Waals surface area contributed by atoms with Crippen molar-refractivity contribution in [1.82, 2.24) is 15.0 Å². The number of aromatic nitrogens is 3. The Balaban J connectivity index is 2.82. The molecular weight excluding hydrogens is 362 g/mol. The second-order valence-electron chi connectivity index (χ2n) is 4.82. The maximum atomic E-state index is 12.4. The van der Waals surface area contributed by atoms with E-state index < -0.39 is 17.9 Å². The molecule has 10 heteroatoms. The minimum absolute atomic E-state index is 0.0756. The van der Waals surface area contributed by atoms with Crippen LogP contribution in [0.2, 0.25) is 0 Å². The second-order valence-corrected chi connectivity index (χ2v) is 5.61. The van der Waals surface area contributed by atoms with Crippen molar-refractivity contribution < 1.29 is 28.6 Å². The van der Waals surface area contributed by atoms with Gasteiger partial charge in [-0.05, 0) is 27.0 Å². The molecule has 2 aromatic heterocycles. The molecule has 0 atom stereocenters. The summed E-state index contributed by atoms with van der Waals surface area (Å²) < 4.78 is 15.0. The summed E-state index contributed by atoms with van der Waals surface area (Å²) >= 11 is 1.27. The zero-order chi connectivity index (χ0) is 19.3. The molecule has 0 aliphatic rings. The number of rotatable bonds is 7. The summed E-state index contributed by atoms with van der Waals surface area (Å²) in [5, 5.41) is 0.443. The minimum atomic E-state index is -0.850. The number of esters is 3. The van der Waals surface area contributed by atoms with Gasteiger partial charge in [0.25, 0.3) is 0 Å². The number of carbonyl (C=O) groups is 3. The number of fused-ring (bicyclic) bond motifs is 1. The van der Waals surface area contributed by atoms with E-state index in [0.717, 1.165) is 0 Å². The average molecular weight is 381 g/mol. The molecule has 0 saturated heterocycles. The van der Waals surface area contributed by atoms with Gasteiger partial charge in [-0.25, -0.2) is 24.4 Å². The highest BCUT2D eigenvalue weighted by molar-refractivity contribution is 7.98. The highest BCUT2D eigenvalue weighted by Crippen LogP contribution is 2.27. The molecule has 26 heavy (non-hydrogen) atoms. The van der Waals surface area contributed by atoms with Gasteiger partial charge in [-0.2, -0.15) is 0 Å². The Hall–Kier alpha value is -2.62. The van der Waals surface area contributed by atoms with Crippen LogP contribution in [0.3, 0.4) is 0 Å². The number of hydrogen-bond acceptors (Lipinski definition) is 9. The number of ether oxygens (including phenoxy) is 3. The van der Waals surface area contributed by atoms with Crippen LogP contribution < -0.4 is 0 Å². The van der Waals surface area contributed by atoms with Gasteiger partial charge >= 0.3 is 17.9 Å². The van der Waals surface area contributed by atoms with Crippen LogP contribution in [0.5, 0.6) is 0 Å². The number of imidazole rings is 1. The second kappa shape index (κ2) is 8.65. The lowest BCUT2D eigenvalue weighted by Crippen LogP contribution is -2.20. The number of nitrogens with one attached hydrogen (secondary N) is 1. The Kier molecular flexibility index (Phi) is 6.56. The van der Waals surface area contributed by atoms with E-state index >= 15 is 0 Å². The van der Waals surface area contributed by atoms with Gasteiger partial charge in [-0.3, -0.25) is 0 Å². The number of aromatic amines is 1. The summed E-state index contributed by atoms with van der Waals surface area (Å²) in [5.74, 6) is -2.37. The van der Waals surface area contributed by atoms with Crippen molar-refractivity contribution in [3.63, 3.8) is 0 Å². The fraction of sp³-hybridized carbons (Fsp3) is 0.438. The first-order valence-electron chi connectivity index (χ1n) is 7.97. The van der Waals surface area contributed by atoms with Crippen molar-refractivity contribution in [2.75, 3.05) is 26.1 Å². The number of pyridine rings is 1. The topological polar surface area (TPSA) is 120 Å². The molecule has 2 aromatic rings. The van der Waals surface area contributed by atoms with Gasteiger partial charge in [0.1, 0.15) is 16.6 Å². The summed E-state index contributed by atoms with van der Waals surface area (Å²) in [5.41, 5.74) is -0.325. The van der Waals surface area contributed by atoms with Crippen molar-refractivity contribution >= 4 is 40.7 Å². The van der Waals surface area contributed by atoms with Gasteiger partial charge < -0.3 is 19.2 Å². The molecule has 0 spiro atoms. The van der Waals surface area contributed by atoms with Gasteiger partial charge in [0.15, 0.2) is 16.5 Å². The molecule has 0 aliphatic carbocycles. The Morgan fingerprint density at radius 2 is 1.42 bits per heavy atom.